The van der Waals surface area contributed by atoms with Gasteiger partial charge in [-0.2, -0.15) is 20.1 Å². The average molecular weight is 302 g/mol. The Balaban J connectivity index is 2.07. The molecule has 0 amide bonds. The van der Waals surface area contributed by atoms with E-state index in [1.54, 1.807) is 25.1 Å². The Bertz CT molecular complexity index is 730. The van der Waals surface area contributed by atoms with Crippen molar-refractivity contribution in [3.63, 3.8) is 0 Å². The zero-order chi connectivity index (χ0) is 15.6. The highest BCUT2D eigenvalue weighted by molar-refractivity contribution is 5.25. The van der Waals surface area contributed by atoms with Crippen LogP contribution in [0.15, 0.2) is 49.3 Å². The van der Waals surface area contributed by atoms with Gasteiger partial charge in [0.1, 0.15) is 30.1 Å². The number of aromatic nitrogens is 6. The molecule has 1 N–H and O–H groups in total. The Labute approximate surface area is 126 Å². The predicted molar refractivity (Wildman–Crippen MR) is 75.1 cm³/mol. The minimum absolute atomic E-state index is 0.0244. The molecule has 8 heteroatoms. The fourth-order valence-electron chi connectivity index (χ4n) is 2.43. The maximum Gasteiger partial charge on any atom is 0.137 e. The van der Waals surface area contributed by atoms with E-state index in [2.05, 4.69) is 20.3 Å². The predicted octanol–water partition coefficient (Wildman–Crippen LogP) is 1.16. The van der Waals surface area contributed by atoms with Crippen molar-refractivity contribution in [2.24, 2.45) is 0 Å². The summed E-state index contributed by atoms with van der Waals surface area (Å²) in [4.78, 5) is 5.20. The van der Waals surface area contributed by atoms with Gasteiger partial charge in [-0.3, -0.25) is 0 Å². The monoisotopic (exact) mass is 302 g/mol. The minimum Gasteiger partial charge on any atom is -0.381 e. The number of aliphatic hydroxyl groups is 1. The molecule has 7 nitrogen and oxygen atoms in total. The summed E-state index contributed by atoms with van der Waals surface area (Å²) in [5.41, 5.74) is -1.42. The van der Waals surface area contributed by atoms with Crippen molar-refractivity contribution in [2.45, 2.75) is 25.1 Å². The van der Waals surface area contributed by atoms with E-state index in [9.17, 15) is 9.50 Å². The molecule has 3 aromatic rings. The zero-order valence-electron chi connectivity index (χ0n) is 11.9. The molecule has 2 aromatic heterocycles. The summed E-state index contributed by atoms with van der Waals surface area (Å²) in [5, 5.41) is 23.3. The van der Waals surface area contributed by atoms with Crippen molar-refractivity contribution < 1.29 is 9.50 Å². The van der Waals surface area contributed by atoms with Crippen LogP contribution in [0.3, 0.4) is 0 Å². The lowest BCUT2D eigenvalue weighted by molar-refractivity contribution is -0.0412. The maximum absolute atomic E-state index is 14.3. The number of benzene rings is 1. The summed E-state index contributed by atoms with van der Waals surface area (Å²) in [6.07, 6.45) is 5.84. The maximum atomic E-state index is 14.3. The van der Waals surface area contributed by atoms with Gasteiger partial charge >= 0.3 is 0 Å². The SMILES string of the molecule is C[C@@H](n1nccn1)[C@@](O)(Cn1cncn1)c1ccccc1F. The molecule has 0 saturated heterocycles. The zero-order valence-corrected chi connectivity index (χ0v) is 11.9. The van der Waals surface area contributed by atoms with Crippen LogP contribution in [-0.2, 0) is 12.1 Å². The molecule has 3 rings (SSSR count). The second-order valence-electron chi connectivity index (χ2n) is 5.02. The molecule has 0 saturated carbocycles. The Kier molecular flexibility index (Phi) is 3.68. The Hall–Kier alpha value is -2.61. The average Bonchev–Trinajstić information content (AvgIpc) is 3.20. The number of nitrogens with zero attached hydrogens (tertiary/aromatic N) is 6. The van der Waals surface area contributed by atoms with E-state index in [1.807, 2.05) is 0 Å². The first-order valence-electron chi connectivity index (χ1n) is 6.77. The number of hydrogen-bond acceptors (Lipinski definition) is 5. The van der Waals surface area contributed by atoms with Gasteiger partial charge < -0.3 is 5.11 Å². The molecule has 2 atom stereocenters. The van der Waals surface area contributed by atoms with Crippen LogP contribution in [0, 0.1) is 5.82 Å². The molecule has 0 unspecified atom stereocenters. The summed E-state index contributed by atoms with van der Waals surface area (Å²) in [5.74, 6) is -0.496. The summed E-state index contributed by atoms with van der Waals surface area (Å²) in [6.45, 7) is 1.75. The van der Waals surface area contributed by atoms with Crippen LogP contribution in [0.2, 0.25) is 0 Å². The molecule has 114 valence electrons. The molecule has 0 fully saturated rings. The van der Waals surface area contributed by atoms with Gasteiger partial charge in [0, 0.05) is 5.56 Å². The third-order valence-electron chi connectivity index (χ3n) is 3.68. The van der Waals surface area contributed by atoms with E-state index in [4.69, 9.17) is 0 Å². The second kappa shape index (κ2) is 5.64. The molecule has 1 aromatic carbocycles. The first kappa shape index (κ1) is 14.3. The van der Waals surface area contributed by atoms with Crippen molar-refractivity contribution in [2.75, 3.05) is 0 Å². The van der Waals surface area contributed by atoms with Gasteiger partial charge in [0.25, 0.3) is 0 Å². The molecule has 0 radical (unpaired) electrons. The third kappa shape index (κ3) is 2.48. The minimum atomic E-state index is -1.59. The number of hydrogen-bond donors (Lipinski definition) is 1. The number of halogens is 1. The van der Waals surface area contributed by atoms with Crippen molar-refractivity contribution in [1.29, 1.82) is 0 Å². The van der Waals surface area contributed by atoms with E-state index < -0.39 is 17.5 Å². The van der Waals surface area contributed by atoms with Gasteiger partial charge in [-0.05, 0) is 13.0 Å². The molecule has 0 aliphatic heterocycles. The van der Waals surface area contributed by atoms with E-state index in [0.29, 0.717) is 0 Å². The highest BCUT2D eigenvalue weighted by Crippen LogP contribution is 2.35. The largest absolute Gasteiger partial charge is 0.381 e. The Morgan fingerprint density at radius 1 is 1.23 bits per heavy atom. The van der Waals surface area contributed by atoms with Gasteiger partial charge in [-0.25, -0.2) is 14.1 Å². The topological polar surface area (TPSA) is 81.6 Å². The smallest absolute Gasteiger partial charge is 0.137 e. The van der Waals surface area contributed by atoms with E-state index in [-0.39, 0.29) is 12.1 Å². The van der Waals surface area contributed by atoms with Gasteiger partial charge in [0.2, 0.25) is 0 Å². The van der Waals surface area contributed by atoms with E-state index >= 15 is 0 Å². The molecule has 0 aliphatic rings. The first-order chi connectivity index (χ1) is 10.6. The van der Waals surface area contributed by atoms with Crippen molar-refractivity contribution in [3.8, 4) is 0 Å². The standard InChI is InChI=1S/C14H15FN6O/c1-11(21-17-6-7-18-21)14(22,8-20-10-16-9-19-20)12-4-2-3-5-13(12)15/h2-7,9-11,22H,8H2,1H3/t11-,14+/m1/s1. The van der Waals surface area contributed by atoms with Crippen LogP contribution >= 0.6 is 0 Å². The van der Waals surface area contributed by atoms with E-state index in [1.165, 1.54) is 40.6 Å². The summed E-state index contributed by atoms with van der Waals surface area (Å²) in [6, 6.07) is 5.50. The lowest BCUT2D eigenvalue weighted by Crippen LogP contribution is -2.41. The molecule has 0 bridgehead atoms. The molecule has 22 heavy (non-hydrogen) atoms. The number of rotatable bonds is 5. The Morgan fingerprint density at radius 2 is 1.95 bits per heavy atom. The van der Waals surface area contributed by atoms with Crippen LogP contribution in [0.25, 0.3) is 0 Å². The van der Waals surface area contributed by atoms with Crippen LogP contribution in [-0.4, -0.2) is 34.9 Å². The summed E-state index contributed by atoms with van der Waals surface area (Å²) in [7, 11) is 0. The third-order valence-corrected chi connectivity index (χ3v) is 3.68. The lowest BCUT2D eigenvalue weighted by Gasteiger charge is -2.33. The quantitative estimate of drug-likeness (QED) is 0.765. The molecular formula is C14H15FN6O. The lowest BCUT2D eigenvalue weighted by atomic mass is 9.86. The fraction of sp³-hybridized carbons (Fsp3) is 0.286. The van der Waals surface area contributed by atoms with Crippen LogP contribution in [0.1, 0.15) is 18.5 Å². The van der Waals surface area contributed by atoms with Crippen molar-refractivity contribution in [3.05, 3.63) is 60.7 Å². The highest BCUT2D eigenvalue weighted by atomic mass is 19.1. The summed E-state index contributed by atoms with van der Waals surface area (Å²) < 4.78 is 15.7. The normalized spacial score (nSPS) is 15.4. The van der Waals surface area contributed by atoms with Crippen molar-refractivity contribution in [1.82, 2.24) is 29.8 Å². The van der Waals surface area contributed by atoms with Gasteiger partial charge in [-0.1, -0.05) is 18.2 Å². The second-order valence-corrected chi connectivity index (χ2v) is 5.02. The van der Waals surface area contributed by atoms with Crippen LogP contribution in [0.4, 0.5) is 4.39 Å². The van der Waals surface area contributed by atoms with Crippen molar-refractivity contribution >= 4 is 0 Å². The van der Waals surface area contributed by atoms with Crippen LogP contribution in [0.5, 0.6) is 0 Å². The summed E-state index contributed by atoms with van der Waals surface area (Å²) >= 11 is 0. The van der Waals surface area contributed by atoms with Gasteiger partial charge in [0.15, 0.2) is 0 Å². The Morgan fingerprint density at radius 3 is 2.59 bits per heavy atom. The van der Waals surface area contributed by atoms with Gasteiger partial charge in [0.05, 0.1) is 18.9 Å². The fourth-order valence-corrected chi connectivity index (χ4v) is 2.43. The van der Waals surface area contributed by atoms with E-state index in [0.717, 1.165) is 0 Å². The highest BCUT2D eigenvalue weighted by Gasteiger charge is 2.41. The first-order valence-corrected chi connectivity index (χ1v) is 6.77. The molecular weight excluding hydrogens is 287 g/mol. The molecule has 2 heterocycles. The molecule has 0 aliphatic carbocycles. The molecule has 0 spiro atoms. The van der Waals surface area contributed by atoms with Gasteiger partial charge in [-0.15, -0.1) is 0 Å². The van der Waals surface area contributed by atoms with Crippen LogP contribution < -0.4 is 0 Å².